The third-order valence-electron chi connectivity index (χ3n) is 1.77. The Balaban J connectivity index is 3.64. The molecule has 0 radical (unpaired) electrons. The SMILES string of the molecule is CC/C(C)=C/[C@H](C)CC. The Morgan fingerprint density at radius 3 is 2.33 bits per heavy atom. The Labute approximate surface area is 59.0 Å². The van der Waals surface area contributed by atoms with Gasteiger partial charge >= 0.3 is 0 Å². The smallest absolute Gasteiger partial charge is 0.0262 e. The molecule has 0 rings (SSSR count). The molecule has 0 unspecified atom stereocenters. The highest BCUT2D eigenvalue weighted by Gasteiger charge is 1.91. The largest absolute Gasteiger partial charge is 0.0828 e. The minimum atomic E-state index is 0.768. The van der Waals surface area contributed by atoms with E-state index < -0.39 is 0 Å². The van der Waals surface area contributed by atoms with Gasteiger partial charge in [0.2, 0.25) is 0 Å². The van der Waals surface area contributed by atoms with Crippen LogP contribution in [-0.4, -0.2) is 0 Å². The molecule has 0 aromatic heterocycles. The normalized spacial score (nSPS) is 15.8. The Kier molecular flexibility index (Phi) is 4.47. The van der Waals surface area contributed by atoms with E-state index in [1.54, 1.807) is 0 Å². The summed E-state index contributed by atoms with van der Waals surface area (Å²) in [5.41, 5.74) is 1.52. The zero-order valence-corrected chi connectivity index (χ0v) is 7.07. The topological polar surface area (TPSA) is 0 Å². The van der Waals surface area contributed by atoms with Crippen molar-refractivity contribution in [1.29, 1.82) is 0 Å². The molecule has 0 spiro atoms. The predicted octanol–water partition coefficient (Wildman–Crippen LogP) is 3.39. The average molecular weight is 126 g/mol. The third-order valence-corrected chi connectivity index (χ3v) is 1.77. The lowest BCUT2D eigenvalue weighted by molar-refractivity contribution is 0.689. The minimum absolute atomic E-state index is 0.768. The van der Waals surface area contributed by atoms with Crippen LogP contribution in [0.3, 0.4) is 0 Å². The fourth-order valence-electron chi connectivity index (χ4n) is 0.721. The van der Waals surface area contributed by atoms with E-state index >= 15 is 0 Å². The third kappa shape index (κ3) is 4.26. The number of hydrogen-bond donors (Lipinski definition) is 0. The van der Waals surface area contributed by atoms with Gasteiger partial charge in [-0.25, -0.2) is 0 Å². The maximum Gasteiger partial charge on any atom is -0.0262 e. The fraction of sp³-hybridized carbons (Fsp3) is 0.778. The first-order chi connectivity index (χ1) is 4.20. The van der Waals surface area contributed by atoms with Gasteiger partial charge in [-0.1, -0.05) is 38.8 Å². The zero-order valence-electron chi connectivity index (χ0n) is 7.07. The molecule has 0 saturated heterocycles. The molecule has 0 nitrogen and oxygen atoms in total. The maximum atomic E-state index is 2.36. The van der Waals surface area contributed by atoms with Crippen LogP contribution in [0.4, 0.5) is 0 Å². The van der Waals surface area contributed by atoms with Crippen LogP contribution in [0, 0.1) is 5.92 Å². The predicted molar refractivity (Wildman–Crippen MR) is 43.5 cm³/mol. The van der Waals surface area contributed by atoms with Gasteiger partial charge in [0.15, 0.2) is 0 Å². The van der Waals surface area contributed by atoms with E-state index in [0.29, 0.717) is 0 Å². The molecular formula is C9H18. The molecule has 0 N–H and O–H groups in total. The number of allylic oxidation sites excluding steroid dienone is 2. The highest BCUT2D eigenvalue weighted by molar-refractivity contribution is 4.98. The number of hydrogen-bond acceptors (Lipinski definition) is 0. The first kappa shape index (κ1) is 8.74. The monoisotopic (exact) mass is 126 g/mol. The molecule has 0 saturated carbocycles. The summed E-state index contributed by atoms with van der Waals surface area (Å²) in [6.45, 7) is 8.89. The first-order valence-electron chi connectivity index (χ1n) is 3.88. The van der Waals surface area contributed by atoms with Crippen molar-refractivity contribution in [2.45, 2.75) is 40.5 Å². The van der Waals surface area contributed by atoms with Crippen molar-refractivity contribution >= 4 is 0 Å². The molecule has 0 aliphatic heterocycles. The summed E-state index contributed by atoms with van der Waals surface area (Å²) in [4.78, 5) is 0. The number of rotatable bonds is 3. The van der Waals surface area contributed by atoms with Crippen LogP contribution in [0.25, 0.3) is 0 Å². The van der Waals surface area contributed by atoms with E-state index in [9.17, 15) is 0 Å². The van der Waals surface area contributed by atoms with Gasteiger partial charge in [0, 0.05) is 0 Å². The van der Waals surface area contributed by atoms with Gasteiger partial charge in [-0.3, -0.25) is 0 Å². The van der Waals surface area contributed by atoms with Crippen LogP contribution in [0.1, 0.15) is 40.5 Å². The maximum absolute atomic E-state index is 2.36. The van der Waals surface area contributed by atoms with E-state index in [1.165, 1.54) is 18.4 Å². The second-order valence-corrected chi connectivity index (χ2v) is 2.75. The van der Waals surface area contributed by atoms with E-state index in [2.05, 4.69) is 33.8 Å². The van der Waals surface area contributed by atoms with Gasteiger partial charge in [0.1, 0.15) is 0 Å². The van der Waals surface area contributed by atoms with Crippen molar-refractivity contribution in [3.8, 4) is 0 Å². The van der Waals surface area contributed by atoms with Gasteiger partial charge in [0.05, 0.1) is 0 Å². The molecule has 0 aromatic carbocycles. The van der Waals surface area contributed by atoms with Crippen LogP contribution in [0.15, 0.2) is 11.6 Å². The molecule has 0 amide bonds. The summed E-state index contributed by atoms with van der Waals surface area (Å²) >= 11 is 0. The first-order valence-corrected chi connectivity index (χ1v) is 3.88. The molecular weight excluding hydrogens is 108 g/mol. The van der Waals surface area contributed by atoms with Gasteiger partial charge in [-0.2, -0.15) is 0 Å². The Morgan fingerprint density at radius 2 is 2.00 bits per heavy atom. The molecule has 54 valence electrons. The van der Waals surface area contributed by atoms with Crippen molar-refractivity contribution in [2.75, 3.05) is 0 Å². The summed E-state index contributed by atoms with van der Waals surface area (Å²) in [6.07, 6.45) is 4.82. The van der Waals surface area contributed by atoms with E-state index in [4.69, 9.17) is 0 Å². The average Bonchev–Trinajstić information content (AvgIpc) is 1.87. The van der Waals surface area contributed by atoms with Gasteiger partial charge in [-0.05, 0) is 19.3 Å². The molecule has 1 atom stereocenters. The highest BCUT2D eigenvalue weighted by Crippen LogP contribution is 2.08. The molecule has 0 heteroatoms. The second-order valence-electron chi connectivity index (χ2n) is 2.75. The molecule has 9 heavy (non-hydrogen) atoms. The zero-order chi connectivity index (χ0) is 7.28. The van der Waals surface area contributed by atoms with Crippen LogP contribution >= 0.6 is 0 Å². The fourth-order valence-corrected chi connectivity index (χ4v) is 0.721. The highest BCUT2D eigenvalue weighted by atomic mass is 14.0. The molecule has 0 aromatic rings. The summed E-state index contributed by atoms with van der Waals surface area (Å²) in [5, 5.41) is 0. The van der Waals surface area contributed by atoms with Gasteiger partial charge in [-0.15, -0.1) is 0 Å². The summed E-state index contributed by atoms with van der Waals surface area (Å²) in [5.74, 6) is 0.768. The van der Waals surface area contributed by atoms with Crippen LogP contribution in [0.2, 0.25) is 0 Å². The Morgan fingerprint density at radius 1 is 1.44 bits per heavy atom. The van der Waals surface area contributed by atoms with Gasteiger partial charge in [0.25, 0.3) is 0 Å². The van der Waals surface area contributed by atoms with Crippen molar-refractivity contribution < 1.29 is 0 Å². The molecule has 0 aliphatic carbocycles. The molecule has 0 fully saturated rings. The summed E-state index contributed by atoms with van der Waals surface area (Å²) in [6, 6.07) is 0. The van der Waals surface area contributed by atoms with Crippen molar-refractivity contribution in [3.05, 3.63) is 11.6 Å². The van der Waals surface area contributed by atoms with Crippen molar-refractivity contribution in [2.24, 2.45) is 5.92 Å². The molecule has 0 bridgehead atoms. The minimum Gasteiger partial charge on any atom is -0.0828 e. The molecule has 0 heterocycles. The van der Waals surface area contributed by atoms with E-state index in [1.807, 2.05) is 0 Å². The Hall–Kier alpha value is -0.260. The van der Waals surface area contributed by atoms with Crippen molar-refractivity contribution in [1.82, 2.24) is 0 Å². The van der Waals surface area contributed by atoms with Crippen LogP contribution in [0.5, 0.6) is 0 Å². The van der Waals surface area contributed by atoms with Gasteiger partial charge < -0.3 is 0 Å². The second kappa shape index (κ2) is 4.60. The summed E-state index contributed by atoms with van der Waals surface area (Å²) < 4.78 is 0. The lowest BCUT2D eigenvalue weighted by Crippen LogP contribution is -1.86. The quantitative estimate of drug-likeness (QED) is 0.508. The van der Waals surface area contributed by atoms with Crippen LogP contribution < -0.4 is 0 Å². The van der Waals surface area contributed by atoms with E-state index in [-0.39, 0.29) is 0 Å². The van der Waals surface area contributed by atoms with Crippen molar-refractivity contribution in [3.63, 3.8) is 0 Å². The summed E-state index contributed by atoms with van der Waals surface area (Å²) in [7, 11) is 0. The lowest BCUT2D eigenvalue weighted by atomic mass is 10.0. The Bertz CT molecular complexity index is 90.2. The van der Waals surface area contributed by atoms with E-state index in [0.717, 1.165) is 5.92 Å². The lowest BCUT2D eigenvalue weighted by Gasteiger charge is -2.01. The standard InChI is InChI=1S/C9H18/c1-5-8(3)7-9(4)6-2/h7-8H,5-6H2,1-4H3/b9-7+/t8-/m1/s1. The van der Waals surface area contributed by atoms with Crippen LogP contribution in [-0.2, 0) is 0 Å². The molecule has 0 aliphatic rings.